The van der Waals surface area contributed by atoms with Gasteiger partial charge < -0.3 is 0 Å². The summed E-state index contributed by atoms with van der Waals surface area (Å²) in [7, 11) is -3.74. The SMILES string of the molecule is N#CS(=O)(=O)c1ccc(Cl)s1. The monoisotopic (exact) mass is 207 g/mol. The summed E-state index contributed by atoms with van der Waals surface area (Å²) in [5.74, 6) is 0. The Balaban J connectivity index is 3.26. The van der Waals surface area contributed by atoms with Gasteiger partial charge in [-0.1, -0.05) is 11.6 Å². The predicted molar refractivity (Wildman–Crippen MR) is 42.1 cm³/mol. The van der Waals surface area contributed by atoms with E-state index < -0.39 is 9.84 Å². The molecule has 0 saturated heterocycles. The van der Waals surface area contributed by atoms with Crippen LogP contribution in [0.1, 0.15) is 0 Å². The molecule has 3 nitrogen and oxygen atoms in total. The van der Waals surface area contributed by atoms with Crippen molar-refractivity contribution in [1.82, 2.24) is 0 Å². The summed E-state index contributed by atoms with van der Waals surface area (Å²) in [4.78, 5) is 0. The zero-order valence-electron chi connectivity index (χ0n) is 5.11. The second-order valence-corrected chi connectivity index (χ2v) is 5.26. The molecule has 0 bridgehead atoms. The first-order valence-electron chi connectivity index (χ1n) is 2.47. The van der Waals surface area contributed by atoms with Crippen LogP contribution in [0.4, 0.5) is 0 Å². The van der Waals surface area contributed by atoms with Gasteiger partial charge in [0.15, 0.2) is 0 Å². The van der Waals surface area contributed by atoms with Crippen LogP contribution >= 0.6 is 22.9 Å². The Morgan fingerprint density at radius 1 is 1.55 bits per heavy atom. The summed E-state index contributed by atoms with van der Waals surface area (Å²) in [5, 5.41) is 9.38. The molecule has 0 aliphatic heterocycles. The van der Waals surface area contributed by atoms with Gasteiger partial charge in [0, 0.05) is 0 Å². The molecule has 11 heavy (non-hydrogen) atoms. The molecular formula is C5H2ClNO2S2. The molecule has 0 atom stereocenters. The van der Waals surface area contributed by atoms with E-state index in [0.717, 1.165) is 11.3 Å². The summed E-state index contributed by atoms with van der Waals surface area (Å²) < 4.78 is 22.0. The number of halogens is 1. The van der Waals surface area contributed by atoms with Gasteiger partial charge in [-0.2, -0.15) is 5.26 Å². The second-order valence-electron chi connectivity index (χ2n) is 1.65. The predicted octanol–water partition coefficient (Wildman–Crippen LogP) is 1.66. The average Bonchev–Trinajstić information content (AvgIpc) is 2.36. The van der Waals surface area contributed by atoms with Crippen molar-refractivity contribution in [3.05, 3.63) is 16.5 Å². The van der Waals surface area contributed by atoms with Crippen LogP contribution in [0, 0.1) is 10.7 Å². The minimum Gasteiger partial charge on any atom is -0.207 e. The number of hydrogen-bond acceptors (Lipinski definition) is 4. The largest absolute Gasteiger partial charge is 0.279 e. The van der Waals surface area contributed by atoms with Crippen LogP contribution in [-0.2, 0) is 9.84 Å². The number of rotatable bonds is 1. The van der Waals surface area contributed by atoms with E-state index >= 15 is 0 Å². The van der Waals surface area contributed by atoms with Gasteiger partial charge in [0.05, 0.1) is 4.34 Å². The van der Waals surface area contributed by atoms with E-state index in [2.05, 4.69) is 0 Å². The molecule has 0 aliphatic rings. The Bertz CT molecular complexity index is 400. The average molecular weight is 208 g/mol. The van der Waals surface area contributed by atoms with Gasteiger partial charge in [-0.3, -0.25) is 0 Å². The lowest BCUT2D eigenvalue weighted by atomic mass is 10.7. The van der Waals surface area contributed by atoms with Gasteiger partial charge in [-0.25, -0.2) is 8.42 Å². The van der Waals surface area contributed by atoms with Crippen molar-refractivity contribution in [3.63, 3.8) is 0 Å². The molecule has 6 heteroatoms. The first-order valence-corrected chi connectivity index (χ1v) is 5.15. The maximum absolute atomic E-state index is 10.8. The van der Waals surface area contributed by atoms with Gasteiger partial charge >= 0.3 is 0 Å². The van der Waals surface area contributed by atoms with Crippen molar-refractivity contribution in [2.45, 2.75) is 4.21 Å². The molecule has 1 aromatic heterocycles. The number of hydrogen-bond donors (Lipinski definition) is 0. The lowest BCUT2D eigenvalue weighted by Crippen LogP contribution is -1.91. The van der Waals surface area contributed by atoms with Crippen LogP contribution in [-0.4, -0.2) is 8.42 Å². The molecule has 0 aromatic carbocycles. The number of sulfone groups is 1. The van der Waals surface area contributed by atoms with Gasteiger partial charge in [0.2, 0.25) is 5.40 Å². The fraction of sp³-hybridized carbons (Fsp3) is 0. The molecule has 0 amide bonds. The minimum absolute atomic E-state index is 0.00926. The number of nitriles is 1. The fourth-order valence-electron chi connectivity index (χ4n) is 0.487. The van der Waals surface area contributed by atoms with Crippen LogP contribution in [0.25, 0.3) is 0 Å². The molecule has 0 N–H and O–H groups in total. The van der Waals surface area contributed by atoms with E-state index in [-0.39, 0.29) is 4.21 Å². The molecule has 0 aliphatic carbocycles. The van der Waals surface area contributed by atoms with Gasteiger partial charge in [0.1, 0.15) is 4.21 Å². The Labute approximate surface area is 72.8 Å². The minimum atomic E-state index is -3.74. The molecule has 0 radical (unpaired) electrons. The lowest BCUT2D eigenvalue weighted by molar-refractivity contribution is 0.607. The van der Waals surface area contributed by atoms with E-state index in [1.54, 1.807) is 0 Å². The zero-order chi connectivity index (χ0) is 8.48. The Hall–Kier alpha value is -0.570. The first kappa shape index (κ1) is 8.53. The molecule has 1 rings (SSSR count). The second kappa shape index (κ2) is 2.81. The highest BCUT2D eigenvalue weighted by Gasteiger charge is 2.14. The zero-order valence-corrected chi connectivity index (χ0v) is 7.50. The third kappa shape index (κ3) is 1.71. The molecule has 0 fully saturated rings. The third-order valence-corrected chi connectivity index (χ3v) is 3.77. The maximum atomic E-state index is 10.8. The van der Waals surface area contributed by atoms with Crippen molar-refractivity contribution in [2.24, 2.45) is 0 Å². The normalized spacial score (nSPS) is 10.9. The smallest absolute Gasteiger partial charge is 0.207 e. The summed E-state index contributed by atoms with van der Waals surface area (Å²) in [6.07, 6.45) is 0. The molecule has 58 valence electrons. The number of thiophene rings is 1. The quantitative estimate of drug-likeness (QED) is 0.520. The first-order chi connectivity index (χ1) is 5.06. The summed E-state index contributed by atoms with van der Waals surface area (Å²) >= 11 is 6.34. The molecule has 0 saturated carbocycles. The fourth-order valence-corrected chi connectivity index (χ4v) is 2.56. The summed E-state index contributed by atoms with van der Waals surface area (Å²) in [5.41, 5.74) is 0. The van der Waals surface area contributed by atoms with E-state index in [9.17, 15) is 8.42 Å². The van der Waals surface area contributed by atoms with Crippen LogP contribution in [0.3, 0.4) is 0 Å². The summed E-state index contributed by atoms with van der Waals surface area (Å²) in [6.45, 7) is 0. The van der Waals surface area contributed by atoms with Crippen molar-refractivity contribution < 1.29 is 8.42 Å². The van der Waals surface area contributed by atoms with Gasteiger partial charge in [0.25, 0.3) is 9.84 Å². The molecule has 1 heterocycles. The van der Waals surface area contributed by atoms with Gasteiger partial charge in [-0.05, 0) is 12.1 Å². The van der Waals surface area contributed by atoms with Crippen molar-refractivity contribution in [1.29, 1.82) is 5.26 Å². The van der Waals surface area contributed by atoms with E-state index in [0.29, 0.717) is 4.34 Å². The van der Waals surface area contributed by atoms with Gasteiger partial charge in [-0.15, -0.1) is 11.3 Å². The molecule has 1 aromatic rings. The van der Waals surface area contributed by atoms with Crippen molar-refractivity contribution in [2.75, 3.05) is 0 Å². The van der Waals surface area contributed by atoms with Crippen LogP contribution in [0.5, 0.6) is 0 Å². The highest BCUT2D eigenvalue weighted by Crippen LogP contribution is 2.25. The standard InChI is InChI=1S/C5H2ClNO2S2/c6-4-1-2-5(10-4)11(8,9)3-7/h1-2H. The van der Waals surface area contributed by atoms with E-state index in [1.807, 2.05) is 0 Å². The number of nitrogens with zero attached hydrogens (tertiary/aromatic N) is 1. The highest BCUT2D eigenvalue weighted by atomic mass is 35.5. The van der Waals surface area contributed by atoms with Crippen molar-refractivity contribution >= 4 is 32.8 Å². The topological polar surface area (TPSA) is 57.9 Å². The van der Waals surface area contributed by atoms with E-state index in [1.165, 1.54) is 17.5 Å². The van der Waals surface area contributed by atoms with Crippen LogP contribution < -0.4 is 0 Å². The lowest BCUT2D eigenvalue weighted by Gasteiger charge is -1.83. The Morgan fingerprint density at radius 3 is 2.55 bits per heavy atom. The third-order valence-electron chi connectivity index (χ3n) is 0.934. The summed E-state index contributed by atoms with van der Waals surface area (Å²) in [6, 6.07) is 2.75. The van der Waals surface area contributed by atoms with Crippen LogP contribution in [0.15, 0.2) is 16.3 Å². The number of thiocyanates is 1. The molecule has 0 unspecified atom stereocenters. The Kier molecular flexibility index (Phi) is 2.18. The van der Waals surface area contributed by atoms with E-state index in [4.69, 9.17) is 16.9 Å². The molecule has 0 spiro atoms. The van der Waals surface area contributed by atoms with Crippen LogP contribution in [0.2, 0.25) is 4.34 Å². The molecular weight excluding hydrogens is 206 g/mol. The maximum Gasteiger partial charge on any atom is 0.279 e. The Morgan fingerprint density at radius 2 is 2.18 bits per heavy atom. The van der Waals surface area contributed by atoms with Crippen molar-refractivity contribution in [3.8, 4) is 5.40 Å². The highest BCUT2D eigenvalue weighted by molar-refractivity contribution is 7.97.